The molecule has 2 heteroatoms. The van der Waals surface area contributed by atoms with Gasteiger partial charge in [0.25, 0.3) is 0 Å². The molecule has 21 heavy (non-hydrogen) atoms. The van der Waals surface area contributed by atoms with E-state index in [1.165, 1.54) is 0 Å². The summed E-state index contributed by atoms with van der Waals surface area (Å²) in [5.41, 5.74) is 0. The summed E-state index contributed by atoms with van der Waals surface area (Å²) < 4.78 is 5.70. The Bertz CT molecular complexity index is 736. The van der Waals surface area contributed by atoms with E-state index in [2.05, 4.69) is 13.0 Å². The van der Waals surface area contributed by atoms with Crippen LogP contribution in [0.2, 0.25) is 0 Å². The molecule has 0 unspecified atom stereocenters. The number of ether oxygens (including phenoxy) is 1. The molecule has 0 amide bonds. The van der Waals surface area contributed by atoms with Crippen LogP contribution >= 0.6 is 0 Å². The predicted molar refractivity (Wildman–Crippen MR) is 86.6 cm³/mol. The van der Waals surface area contributed by atoms with Gasteiger partial charge in [0.05, 0.1) is 0 Å². The number of esters is 1. The molecule has 0 aliphatic heterocycles. The van der Waals surface area contributed by atoms with Gasteiger partial charge in [0, 0.05) is 17.2 Å². The lowest BCUT2D eigenvalue weighted by atomic mass is 10.0. The van der Waals surface area contributed by atoms with E-state index in [0.717, 1.165) is 34.4 Å². The third kappa shape index (κ3) is 2.75. The molecule has 0 bridgehead atoms. The normalized spacial score (nSPS) is 10.9. The predicted octanol–water partition coefficient (Wildman–Crippen LogP) is 5.09. The Morgan fingerprint density at radius 1 is 0.952 bits per heavy atom. The first kappa shape index (κ1) is 13.6. The van der Waals surface area contributed by atoms with Crippen molar-refractivity contribution in [2.45, 2.75) is 26.2 Å². The number of carbonyl (C=O) groups is 1. The van der Waals surface area contributed by atoms with Gasteiger partial charge in [-0.25, -0.2) is 0 Å². The molecule has 106 valence electrons. The number of unbranched alkanes of at least 4 members (excludes halogenated alkanes) is 1. The first-order valence-electron chi connectivity index (χ1n) is 7.41. The fourth-order valence-electron chi connectivity index (χ4n) is 2.57. The number of carbonyl (C=O) groups excluding carboxylic acids is 1. The maximum Gasteiger partial charge on any atom is 0.311 e. The van der Waals surface area contributed by atoms with Crippen LogP contribution in [0.5, 0.6) is 5.75 Å². The Balaban J connectivity index is 2.13. The zero-order valence-corrected chi connectivity index (χ0v) is 12.1. The van der Waals surface area contributed by atoms with Crippen LogP contribution in [0.4, 0.5) is 0 Å². The lowest BCUT2D eigenvalue weighted by Gasteiger charge is -2.11. The van der Waals surface area contributed by atoms with Crippen molar-refractivity contribution in [1.29, 1.82) is 0 Å². The van der Waals surface area contributed by atoms with Crippen molar-refractivity contribution >= 4 is 27.5 Å². The van der Waals surface area contributed by atoms with Gasteiger partial charge in [0.2, 0.25) is 0 Å². The maximum atomic E-state index is 12.0. The second kappa shape index (κ2) is 5.96. The minimum atomic E-state index is -0.154. The second-order valence-electron chi connectivity index (χ2n) is 5.23. The van der Waals surface area contributed by atoms with E-state index in [4.69, 9.17) is 4.74 Å². The van der Waals surface area contributed by atoms with E-state index in [9.17, 15) is 4.79 Å². The van der Waals surface area contributed by atoms with Crippen LogP contribution in [0.3, 0.4) is 0 Å². The van der Waals surface area contributed by atoms with Crippen molar-refractivity contribution < 1.29 is 9.53 Å². The molecule has 2 nitrogen and oxygen atoms in total. The Morgan fingerprint density at radius 3 is 2.10 bits per heavy atom. The summed E-state index contributed by atoms with van der Waals surface area (Å²) in [6.07, 6.45) is 2.32. The summed E-state index contributed by atoms with van der Waals surface area (Å²) in [5, 5.41) is 4.16. The van der Waals surface area contributed by atoms with Crippen LogP contribution in [0, 0.1) is 0 Å². The average molecular weight is 278 g/mol. The Morgan fingerprint density at radius 2 is 1.52 bits per heavy atom. The van der Waals surface area contributed by atoms with E-state index < -0.39 is 0 Å². The van der Waals surface area contributed by atoms with Gasteiger partial charge in [-0.2, -0.15) is 0 Å². The van der Waals surface area contributed by atoms with Crippen LogP contribution in [-0.4, -0.2) is 5.97 Å². The molecule has 0 aromatic heterocycles. The van der Waals surface area contributed by atoms with E-state index in [0.29, 0.717) is 12.2 Å². The number of hydrogen-bond acceptors (Lipinski definition) is 2. The minimum absolute atomic E-state index is 0.154. The number of hydrogen-bond donors (Lipinski definition) is 0. The summed E-state index contributed by atoms with van der Waals surface area (Å²) in [6.45, 7) is 2.07. The fraction of sp³-hybridized carbons (Fsp3) is 0.211. The van der Waals surface area contributed by atoms with Gasteiger partial charge >= 0.3 is 5.97 Å². The van der Waals surface area contributed by atoms with E-state index in [1.54, 1.807) is 0 Å². The van der Waals surface area contributed by atoms with E-state index in [1.807, 2.05) is 48.5 Å². The van der Waals surface area contributed by atoms with E-state index in [-0.39, 0.29) is 5.97 Å². The monoisotopic (exact) mass is 278 g/mol. The summed E-state index contributed by atoms with van der Waals surface area (Å²) in [4.78, 5) is 12.0. The highest BCUT2D eigenvalue weighted by Crippen LogP contribution is 2.35. The first-order valence-corrected chi connectivity index (χ1v) is 7.41. The number of rotatable bonds is 4. The highest BCUT2D eigenvalue weighted by Gasteiger charge is 2.12. The van der Waals surface area contributed by atoms with Gasteiger partial charge in [0.1, 0.15) is 5.75 Å². The molecule has 0 saturated carbocycles. The molecule has 3 aromatic rings. The van der Waals surface area contributed by atoms with Gasteiger partial charge in [-0.1, -0.05) is 61.9 Å². The zero-order chi connectivity index (χ0) is 14.7. The minimum Gasteiger partial charge on any atom is -0.425 e. The quantitative estimate of drug-likeness (QED) is 0.377. The lowest BCUT2D eigenvalue weighted by Crippen LogP contribution is -2.08. The highest BCUT2D eigenvalue weighted by molar-refractivity contribution is 6.06. The largest absolute Gasteiger partial charge is 0.425 e. The summed E-state index contributed by atoms with van der Waals surface area (Å²) in [6, 6.07) is 18.2. The average Bonchev–Trinajstić information content (AvgIpc) is 2.52. The Kier molecular flexibility index (Phi) is 3.87. The van der Waals surface area contributed by atoms with Crippen molar-refractivity contribution in [3.05, 3.63) is 54.6 Å². The molecule has 3 rings (SSSR count). The summed E-state index contributed by atoms with van der Waals surface area (Å²) >= 11 is 0. The van der Waals surface area contributed by atoms with Crippen molar-refractivity contribution in [1.82, 2.24) is 0 Å². The lowest BCUT2D eigenvalue weighted by molar-refractivity contribution is -0.134. The standard InChI is InChI=1S/C19H18O2/c1-2-3-12-18(20)21-19-16-10-6-4-8-14(16)13-15-9-5-7-11-17(15)19/h4-11,13H,2-3,12H2,1H3. The Hall–Kier alpha value is -2.35. The smallest absolute Gasteiger partial charge is 0.311 e. The van der Waals surface area contributed by atoms with Crippen LogP contribution < -0.4 is 4.74 Å². The fourth-order valence-corrected chi connectivity index (χ4v) is 2.57. The van der Waals surface area contributed by atoms with Gasteiger partial charge in [0.15, 0.2) is 0 Å². The number of benzene rings is 3. The molecular formula is C19H18O2. The molecule has 0 aliphatic carbocycles. The second-order valence-corrected chi connectivity index (χ2v) is 5.23. The van der Waals surface area contributed by atoms with Gasteiger partial charge < -0.3 is 4.74 Å². The summed E-state index contributed by atoms with van der Waals surface area (Å²) in [7, 11) is 0. The molecule has 0 N–H and O–H groups in total. The molecule has 0 spiro atoms. The maximum absolute atomic E-state index is 12.0. The van der Waals surface area contributed by atoms with Crippen LogP contribution in [0.1, 0.15) is 26.2 Å². The van der Waals surface area contributed by atoms with Crippen molar-refractivity contribution in [3.63, 3.8) is 0 Å². The van der Waals surface area contributed by atoms with E-state index >= 15 is 0 Å². The van der Waals surface area contributed by atoms with Crippen LogP contribution in [0.25, 0.3) is 21.5 Å². The molecule has 0 heterocycles. The van der Waals surface area contributed by atoms with Gasteiger partial charge in [-0.05, 0) is 23.3 Å². The van der Waals surface area contributed by atoms with Crippen molar-refractivity contribution in [3.8, 4) is 5.75 Å². The highest BCUT2D eigenvalue weighted by atomic mass is 16.5. The Labute approximate surface area is 124 Å². The summed E-state index contributed by atoms with van der Waals surface area (Å²) in [5.74, 6) is 0.531. The van der Waals surface area contributed by atoms with Crippen LogP contribution in [0.15, 0.2) is 54.6 Å². The zero-order valence-electron chi connectivity index (χ0n) is 12.1. The number of fused-ring (bicyclic) bond motifs is 2. The molecular weight excluding hydrogens is 260 g/mol. The third-order valence-corrected chi connectivity index (χ3v) is 3.67. The van der Waals surface area contributed by atoms with Gasteiger partial charge in [-0.15, -0.1) is 0 Å². The van der Waals surface area contributed by atoms with Crippen molar-refractivity contribution in [2.75, 3.05) is 0 Å². The molecule has 0 atom stereocenters. The molecule has 3 aromatic carbocycles. The topological polar surface area (TPSA) is 26.3 Å². The molecule has 0 aliphatic rings. The van der Waals surface area contributed by atoms with Crippen LogP contribution in [-0.2, 0) is 4.79 Å². The third-order valence-electron chi connectivity index (χ3n) is 3.67. The molecule has 0 radical (unpaired) electrons. The first-order chi connectivity index (χ1) is 10.3. The molecule has 0 saturated heterocycles. The SMILES string of the molecule is CCCCC(=O)Oc1c2ccccc2cc2ccccc12. The molecule has 0 fully saturated rings. The van der Waals surface area contributed by atoms with Crippen molar-refractivity contribution in [2.24, 2.45) is 0 Å². The van der Waals surface area contributed by atoms with Gasteiger partial charge in [-0.3, -0.25) is 4.79 Å².